The second-order valence-corrected chi connectivity index (χ2v) is 10.5. The van der Waals surface area contributed by atoms with Gasteiger partial charge in [-0.25, -0.2) is 4.58 Å². The Labute approximate surface area is 220 Å². The molecule has 6 rings (SSSR count). The van der Waals surface area contributed by atoms with Gasteiger partial charge in [-0.1, -0.05) is 57.2 Å². The van der Waals surface area contributed by atoms with Gasteiger partial charge in [-0.3, -0.25) is 0 Å². The van der Waals surface area contributed by atoms with Gasteiger partial charge in [-0.05, 0) is 42.3 Å². The van der Waals surface area contributed by atoms with Gasteiger partial charge in [0.15, 0.2) is 0 Å². The van der Waals surface area contributed by atoms with Gasteiger partial charge in [0.05, 0.1) is 0 Å². The van der Waals surface area contributed by atoms with E-state index >= 15 is 0 Å². The summed E-state index contributed by atoms with van der Waals surface area (Å²) < 4.78 is 7.46. The third-order valence-electron chi connectivity index (χ3n) is 7.90. The lowest BCUT2D eigenvalue weighted by Crippen LogP contribution is -2.27. The van der Waals surface area contributed by atoms with E-state index in [1.807, 2.05) is 0 Å². The van der Waals surface area contributed by atoms with Crippen LogP contribution in [0.5, 0.6) is 0 Å². The van der Waals surface area contributed by atoms with Crippen LogP contribution in [0.15, 0.2) is 79.1 Å². The third-order valence-corrected chi connectivity index (χ3v) is 7.90. The fraction of sp³-hybridized carbons (Fsp3) is 0.324. The van der Waals surface area contributed by atoms with Crippen LogP contribution in [0.3, 0.4) is 0 Å². The molecule has 0 unspecified atom stereocenters. The Morgan fingerprint density at radius 2 is 1.32 bits per heavy atom. The summed E-state index contributed by atoms with van der Waals surface area (Å²) in [6.45, 7) is 11.1. The molecule has 3 nitrogen and oxygen atoms in total. The molecule has 5 aromatic rings. The van der Waals surface area contributed by atoms with E-state index in [-0.39, 0.29) is 0 Å². The van der Waals surface area contributed by atoms with Crippen LogP contribution < -0.4 is 15.2 Å². The summed E-state index contributed by atoms with van der Waals surface area (Å²) >= 11 is 0. The van der Waals surface area contributed by atoms with Crippen molar-refractivity contribution in [3.8, 4) is 0 Å². The summed E-state index contributed by atoms with van der Waals surface area (Å²) in [6, 6.07) is 25.1. The Bertz CT molecular complexity index is 1630. The van der Waals surface area contributed by atoms with Crippen LogP contribution >= 0.6 is 0 Å². The predicted molar refractivity (Wildman–Crippen MR) is 157 cm³/mol. The highest BCUT2D eigenvalue weighted by Crippen LogP contribution is 2.35. The SMILES string of the molecule is CCCn1cc(C(c2cn(CCC)c3ccccc23)=c2ccc3c(c2)CC[N+]=3CCC)c2ccccc21. The summed E-state index contributed by atoms with van der Waals surface area (Å²) in [5, 5.41) is 5.43. The number of rotatable bonds is 8. The molecule has 0 N–H and O–H groups in total. The first-order valence-electron chi connectivity index (χ1n) is 14.1. The molecule has 2 aromatic heterocycles. The van der Waals surface area contributed by atoms with Crippen molar-refractivity contribution < 1.29 is 0 Å². The van der Waals surface area contributed by atoms with E-state index in [2.05, 4.69) is 114 Å². The molecule has 1 aliphatic heterocycles. The second-order valence-electron chi connectivity index (χ2n) is 10.5. The number of benzene rings is 3. The van der Waals surface area contributed by atoms with Crippen LogP contribution in [-0.4, -0.2) is 22.2 Å². The molecular formula is C34H38N3+. The Morgan fingerprint density at radius 3 is 1.89 bits per heavy atom. The topological polar surface area (TPSA) is 12.9 Å². The van der Waals surface area contributed by atoms with Crippen LogP contribution in [0, 0.1) is 0 Å². The molecule has 0 saturated heterocycles. The average Bonchev–Trinajstić information content (AvgIpc) is 3.60. The molecule has 3 heterocycles. The van der Waals surface area contributed by atoms with E-state index < -0.39 is 0 Å². The minimum atomic E-state index is 1.03. The van der Waals surface area contributed by atoms with Gasteiger partial charge >= 0.3 is 0 Å². The summed E-state index contributed by atoms with van der Waals surface area (Å²) in [6.07, 6.45) is 9.38. The molecule has 0 fully saturated rings. The highest BCUT2D eigenvalue weighted by molar-refractivity contribution is 6.03. The summed E-state index contributed by atoms with van der Waals surface area (Å²) in [5.41, 5.74) is 8.17. The lowest BCUT2D eigenvalue weighted by Gasteiger charge is -2.08. The van der Waals surface area contributed by atoms with Crippen molar-refractivity contribution in [1.29, 1.82) is 0 Å². The van der Waals surface area contributed by atoms with Crippen LogP contribution in [0.1, 0.15) is 56.7 Å². The van der Waals surface area contributed by atoms with Crippen molar-refractivity contribution >= 4 is 27.4 Å². The van der Waals surface area contributed by atoms with Crippen molar-refractivity contribution in [2.75, 3.05) is 13.1 Å². The Morgan fingerprint density at radius 1 is 0.730 bits per heavy atom. The number of para-hydroxylation sites is 2. The number of fused-ring (bicyclic) bond motifs is 3. The van der Waals surface area contributed by atoms with Crippen molar-refractivity contribution in [3.05, 3.63) is 106 Å². The highest BCUT2D eigenvalue weighted by atomic mass is 15.0. The van der Waals surface area contributed by atoms with Crippen LogP contribution in [0.25, 0.3) is 27.4 Å². The van der Waals surface area contributed by atoms with E-state index in [0.29, 0.717) is 0 Å². The first kappa shape index (κ1) is 23.8. The Kier molecular flexibility index (Phi) is 6.46. The average molecular weight is 489 g/mol. The number of hydrogen-bond donors (Lipinski definition) is 0. The van der Waals surface area contributed by atoms with Gasteiger partial charge in [-0.2, -0.15) is 0 Å². The largest absolute Gasteiger partial charge is 0.347 e. The molecule has 188 valence electrons. The highest BCUT2D eigenvalue weighted by Gasteiger charge is 2.21. The zero-order valence-corrected chi connectivity index (χ0v) is 22.5. The maximum atomic E-state index is 2.55. The van der Waals surface area contributed by atoms with Crippen molar-refractivity contribution in [2.24, 2.45) is 0 Å². The number of aromatic nitrogens is 2. The molecule has 0 atom stereocenters. The summed E-state index contributed by atoms with van der Waals surface area (Å²) in [5.74, 6) is 0. The van der Waals surface area contributed by atoms with Crippen LogP contribution in [0.4, 0.5) is 0 Å². The molecule has 0 radical (unpaired) electrons. The fourth-order valence-electron chi connectivity index (χ4n) is 6.33. The van der Waals surface area contributed by atoms with E-state index in [1.54, 1.807) is 0 Å². The van der Waals surface area contributed by atoms with E-state index in [4.69, 9.17) is 0 Å². The molecular weight excluding hydrogens is 450 g/mol. The fourth-order valence-corrected chi connectivity index (χ4v) is 6.33. The molecule has 0 amide bonds. The zero-order chi connectivity index (χ0) is 25.4. The standard InChI is InChI=1S/C34H38N3/c1-4-18-35-21-17-25-22-26(15-16-31(25)35)34(29-23-36(19-5-2)32-13-9-7-11-27(29)32)30-24-37(20-6-3)33-14-10-8-12-28(30)33/h7-16,22-24H,4-6,17-21H2,1-3H3/q+1. The van der Waals surface area contributed by atoms with Crippen LogP contribution in [-0.2, 0) is 19.5 Å². The van der Waals surface area contributed by atoms with Gasteiger partial charge in [0, 0.05) is 88.5 Å². The number of aryl methyl sites for hydroxylation is 2. The van der Waals surface area contributed by atoms with Gasteiger partial charge < -0.3 is 9.13 Å². The first-order chi connectivity index (χ1) is 18.2. The molecule has 0 aliphatic carbocycles. The van der Waals surface area contributed by atoms with E-state index in [1.165, 1.54) is 61.1 Å². The monoisotopic (exact) mass is 488 g/mol. The molecule has 3 heteroatoms. The Balaban J connectivity index is 1.71. The third kappa shape index (κ3) is 4.11. The number of nitrogens with zero attached hydrogens (tertiary/aromatic N) is 3. The predicted octanol–water partition coefficient (Wildman–Crippen LogP) is 6.12. The molecule has 0 spiro atoms. The second kappa shape index (κ2) is 10.0. The van der Waals surface area contributed by atoms with Crippen molar-refractivity contribution in [1.82, 2.24) is 13.7 Å². The maximum absolute atomic E-state index is 2.55. The summed E-state index contributed by atoms with van der Waals surface area (Å²) in [7, 11) is 0. The lowest BCUT2D eigenvalue weighted by molar-refractivity contribution is 0.598. The maximum Gasteiger partial charge on any atom is 0.203 e. The number of hydrogen-bond acceptors (Lipinski definition) is 0. The van der Waals surface area contributed by atoms with Gasteiger partial charge in [0.1, 0.15) is 13.1 Å². The first-order valence-corrected chi connectivity index (χ1v) is 14.1. The minimum Gasteiger partial charge on any atom is -0.347 e. The van der Waals surface area contributed by atoms with Gasteiger partial charge in [-0.15, -0.1) is 0 Å². The van der Waals surface area contributed by atoms with Crippen molar-refractivity contribution in [3.63, 3.8) is 0 Å². The molecule has 37 heavy (non-hydrogen) atoms. The van der Waals surface area contributed by atoms with E-state index in [9.17, 15) is 0 Å². The molecule has 0 bridgehead atoms. The van der Waals surface area contributed by atoms with Crippen LogP contribution in [0.2, 0.25) is 0 Å². The Hall–Kier alpha value is -3.59. The smallest absolute Gasteiger partial charge is 0.203 e. The quantitative estimate of drug-likeness (QED) is 0.233. The molecule has 1 aliphatic rings. The molecule has 3 aromatic carbocycles. The van der Waals surface area contributed by atoms with E-state index in [0.717, 1.165) is 45.4 Å². The summed E-state index contributed by atoms with van der Waals surface area (Å²) in [4.78, 5) is 0. The van der Waals surface area contributed by atoms with Gasteiger partial charge in [0.2, 0.25) is 5.36 Å². The van der Waals surface area contributed by atoms with Gasteiger partial charge in [0.25, 0.3) is 0 Å². The normalized spacial score (nSPS) is 13.1. The lowest BCUT2D eigenvalue weighted by atomic mass is 9.94. The zero-order valence-electron chi connectivity index (χ0n) is 22.5. The molecule has 0 saturated carbocycles. The minimum absolute atomic E-state index is 1.03. The van der Waals surface area contributed by atoms with Crippen molar-refractivity contribution in [2.45, 2.75) is 59.5 Å².